The van der Waals surface area contributed by atoms with Crippen molar-refractivity contribution in [2.45, 2.75) is 77.3 Å². The summed E-state index contributed by atoms with van der Waals surface area (Å²) in [6.45, 7) is 13.6. The molecule has 1 saturated heterocycles. The Morgan fingerprint density at radius 3 is 1.63 bits per heavy atom. The van der Waals surface area contributed by atoms with Crippen LogP contribution in [0.1, 0.15) is 109 Å². The molecule has 5 aromatic rings. The smallest absolute Gasteiger partial charge is 0.497 e. The van der Waals surface area contributed by atoms with E-state index in [0.717, 1.165) is 40.0 Å². The highest BCUT2D eigenvalue weighted by Crippen LogP contribution is 2.40. The Morgan fingerprint density at radius 2 is 1.13 bits per heavy atom. The van der Waals surface area contributed by atoms with Gasteiger partial charge in [-0.1, -0.05) is 97.9 Å². The lowest BCUT2D eigenvalue weighted by atomic mass is 9.71. The van der Waals surface area contributed by atoms with Crippen LogP contribution in [-0.2, 0) is 28.8 Å². The number of methoxy groups -OCH3 is 1. The molecule has 1 aliphatic heterocycles. The number of likely N-dealkylation sites (tertiary alicyclic amines) is 1. The van der Waals surface area contributed by atoms with Gasteiger partial charge in [0.05, 0.1) is 19.3 Å². The van der Waals surface area contributed by atoms with E-state index in [9.17, 15) is 14.4 Å². The number of Topliss-reactive ketones (excluding diaryl/α,β-unsaturated/α-hetero) is 1. The molecule has 0 saturated carbocycles. The van der Waals surface area contributed by atoms with Gasteiger partial charge in [-0.15, -0.1) is 0 Å². The first-order valence-corrected chi connectivity index (χ1v) is 23.3. The van der Waals surface area contributed by atoms with E-state index in [0.29, 0.717) is 56.1 Å². The Hall–Kier alpha value is -5.59. The van der Waals surface area contributed by atoms with Gasteiger partial charge in [-0.05, 0) is 118 Å². The molecular formula is C51H59NO9Si. The van der Waals surface area contributed by atoms with Gasteiger partial charge in [-0.3, -0.25) is 4.79 Å². The number of carbonyl (C=O) groups excluding carboxylic acids is 3. The lowest BCUT2D eigenvalue weighted by Crippen LogP contribution is -2.69. The molecule has 10 nitrogen and oxygen atoms in total. The fraction of sp³-hybridized carbons (Fsp3) is 0.353. The van der Waals surface area contributed by atoms with Crippen LogP contribution in [0.15, 0.2) is 127 Å². The number of ketones is 1. The van der Waals surface area contributed by atoms with Crippen LogP contribution in [0.2, 0.25) is 0 Å². The SMILES string of the molecule is CCO[Si](OCC)(OCC)C1CCN1C(=O)OCCCC(C)(c1ccc(OC(=O)c2ccc(C(C)(c3ccccc3)c3ccc(OC)cc3)cc2)cc1)c1ccc(C(C)=O)cc1. The Labute approximate surface area is 367 Å². The summed E-state index contributed by atoms with van der Waals surface area (Å²) in [5.74, 6) is 0.717. The largest absolute Gasteiger partial charge is 0.524 e. The zero-order valence-electron chi connectivity index (χ0n) is 37.0. The molecule has 3 unspecified atom stereocenters. The van der Waals surface area contributed by atoms with Crippen molar-refractivity contribution in [2.24, 2.45) is 0 Å². The van der Waals surface area contributed by atoms with E-state index in [1.807, 2.05) is 112 Å². The lowest BCUT2D eigenvalue weighted by molar-refractivity contribution is 0.000727. The average molecular weight is 858 g/mol. The Morgan fingerprint density at radius 1 is 0.645 bits per heavy atom. The van der Waals surface area contributed by atoms with Crippen molar-refractivity contribution in [1.82, 2.24) is 4.90 Å². The molecule has 0 spiro atoms. The molecule has 62 heavy (non-hydrogen) atoms. The van der Waals surface area contributed by atoms with Crippen LogP contribution in [0.4, 0.5) is 4.79 Å². The molecule has 0 N–H and O–H groups in total. The van der Waals surface area contributed by atoms with Gasteiger partial charge >= 0.3 is 20.9 Å². The van der Waals surface area contributed by atoms with Crippen LogP contribution in [0.25, 0.3) is 0 Å². The topological polar surface area (TPSA) is 110 Å². The van der Waals surface area contributed by atoms with E-state index in [2.05, 4.69) is 38.1 Å². The molecule has 5 aromatic carbocycles. The van der Waals surface area contributed by atoms with Gasteiger partial charge in [0.25, 0.3) is 0 Å². The molecular weight excluding hydrogens is 799 g/mol. The minimum Gasteiger partial charge on any atom is -0.497 e. The third-order valence-corrected chi connectivity index (χ3v) is 15.6. The number of hydrogen-bond acceptors (Lipinski definition) is 9. The van der Waals surface area contributed by atoms with Crippen molar-refractivity contribution >= 4 is 26.7 Å². The Balaban J connectivity index is 1.15. The maximum absolute atomic E-state index is 13.5. The number of hydrogen-bond donors (Lipinski definition) is 0. The maximum Gasteiger partial charge on any atom is 0.524 e. The number of ether oxygens (including phenoxy) is 3. The van der Waals surface area contributed by atoms with Gasteiger partial charge in [-0.25, -0.2) is 9.59 Å². The predicted octanol–water partition coefficient (Wildman–Crippen LogP) is 10.4. The van der Waals surface area contributed by atoms with Gasteiger partial charge in [-0.2, -0.15) is 0 Å². The summed E-state index contributed by atoms with van der Waals surface area (Å²) >= 11 is 0. The first-order valence-electron chi connectivity index (χ1n) is 21.5. The van der Waals surface area contributed by atoms with Crippen LogP contribution in [0, 0.1) is 0 Å². The zero-order chi connectivity index (χ0) is 44.3. The van der Waals surface area contributed by atoms with Crippen molar-refractivity contribution in [3.8, 4) is 11.5 Å². The third kappa shape index (κ3) is 9.87. The van der Waals surface area contributed by atoms with E-state index < -0.39 is 31.7 Å². The molecule has 11 heteroatoms. The first-order chi connectivity index (χ1) is 29.9. The molecule has 0 aliphatic carbocycles. The number of esters is 1. The molecule has 0 aromatic heterocycles. The fourth-order valence-corrected chi connectivity index (χ4v) is 11.5. The molecule has 1 aliphatic rings. The quantitative estimate of drug-likeness (QED) is 0.0189. The van der Waals surface area contributed by atoms with Crippen molar-refractivity contribution in [2.75, 3.05) is 40.1 Å². The number of benzene rings is 5. The monoisotopic (exact) mass is 857 g/mol. The summed E-state index contributed by atoms with van der Waals surface area (Å²) in [6, 6.07) is 41.1. The molecule has 1 fully saturated rings. The number of amides is 1. The van der Waals surface area contributed by atoms with Crippen LogP contribution in [0.3, 0.4) is 0 Å². The van der Waals surface area contributed by atoms with Crippen LogP contribution < -0.4 is 9.47 Å². The van der Waals surface area contributed by atoms with E-state index in [1.165, 1.54) is 0 Å². The summed E-state index contributed by atoms with van der Waals surface area (Å²) < 4.78 is 35.4. The summed E-state index contributed by atoms with van der Waals surface area (Å²) in [6.07, 6.45) is 1.51. The van der Waals surface area contributed by atoms with Crippen molar-refractivity contribution in [3.05, 3.63) is 166 Å². The van der Waals surface area contributed by atoms with E-state index in [-0.39, 0.29) is 18.1 Å². The Bertz CT molecular complexity index is 2230. The van der Waals surface area contributed by atoms with Gasteiger partial charge in [0.15, 0.2) is 5.78 Å². The fourth-order valence-electron chi connectivity index (χ4n) is 8.38. The highest BCUT2D eigenvalue weighted by atomic mass is 28.4. The van der Waals surface area contributed by atoms with Gasteiger partial charge < -0.3 is 32.4 Å². The highest BCUT2D eigenvalue weighted by Gasteiger charge is 2.57. The second kappa shape index (κ2) is 20.5. The minimum atomic E-state index is -3.12. The minimum absolute atomic E-state index is 0.0113. The molecule has 1 amide bonds. The van der Waals surface area contributed by atoms with Crippen molar-refractivity contribution in [3.63, 3.8) is 0 Å². The summed E-state index contributed by atoms with van der Waals surface area (Å²) in [7, 11) is -1.46. The molecule has 3 atom stereocenters. The lowest BCUT2D eigenvalue weighted by Gasteiger charge is -2.47. The number of carbonyl (C=O) groups is 3. The number of nitrogens with zero attached hydrogens (tertiary/aromatic N) is 1. The van der Waals surface area contributed by atoms with Crippen LogP contribution in [0.5, 0.6) is 11.5 Å². The van der Waals surface area contributed by atoms with Gasteiger partial charge in [0.2, 0.25) is 0 Å². The molecule has 1 heterocycles. The maximum atomic E-state index is 13.5. The Kier molecular flexibility index (Phi) is 15.2. The molecule has 0 bridgehead atoms. The summed E-state index contributed by atoms with van der Waals surface area (Å²) in [5, 5.41) is 0. The highest BCUT2D eigenvalue weighted by molar-refractivity contribution is 6.63. The van der Waals surface area contributed by atoms with E-state index in [1.54, 1.807) is 31.1 Å². The summed E-state index contributed by atoms with van der Waals surface area (Å²) in [4.78, 5) is 40.7. The van der Waals surface area contributed by atoms with Crippen LogP contribution in [-0.4, -0.2) is 77.3 Å². The second-order valence-corrected chi connectivity index (χ2v) is 18.5. The zero-order valence-corrected chi connectivity index (χ0v) is 38.0. The summed E-state index contributed by atoms with van der Waals surface area (Å²) in [5.41, 5.74) is 4.96. The normalized spacial score (nSPS) is 15.7. The van der Waals surface area contributed by atoms with Crippen LogP contribution >= 0.6 is 0 Å². The number of rotatable bonds is 20. The van der Waals surface area contributed by atoms with E-state index >= 15 is 0 Å². The average Bonchev–Trinajstić information content (AvgIpc) is 3.28. The van der Waals surface area contributed by atoms with Crippen molar-refractivity contribution in [1.29, 1.82) is 0 Å². The molecule has 6 rings (SSSR count). The van der Waals surface area contributed by atoms with Crippen molar-refractivity contribution < 1.29 is 41.9 Å². The van der Waals surface area contributed by atoms with Gasteiger partial charge in [0.1, 0.15) is 17.2 Å². The van der Waals surface area contributed by atoms with E-state index in [4.69, 9.17) is 27.5 Å². The van der Waals surface area contributed by atoms with Gasteiger partial charge in [0, 0.05) is 42.8 Å². The third-order valence-electron chi connectivity index (χ3n) is 12.1. The molecule has 0 radical (unpaired) electrons. The molecule has 326 valence electrons. The standard InChI is InChI=1S/C51H59NO9Si/c1-8-58-62(59-9-2,60-10-3)47-33-35-52(47)49(55)57-36-14-34-50(5,40-21-17-38(18-22-40)37(4)53)41-25-31-46(32-26-41)61-48(54)39-19-23-43(24-20-39)51(6,42-15-12-11-13-16-42)44-27-29-45(56-7)30-28-44/h11-13,15-32,47H,8-10,14,33-36H2,1-7H3. The second-order valence-electron chi connectivity index (χ2n) is 15.8. The predicted molar refractivity (Wildman–Crippen MR) is 242 cm³/mol. The first kappa shape index (κ1) is 45.9.